The number of fused-ring (bicyclic) bond motifs is 3. The Labute approximate surface area is 224 Å². The van der Waals surface area contributed by atoms with Crippen LogP contribution in [0.15, 0.2) is 78.9 Å². The maximum atomic E-state index is 12.4. The van der Waals surface area contributed by atoms with Gasteiger partial charge in [-0.1, -0.05) is 78.9 Å². The minimum atomic E-state index is -0.508. The number of benzene rings is 3. The van der Waals surface area contributed by atoms with Crippen molar-refractivity contribution in [2.75, 3.05) is 13.2 Å². The number of nitrogens with one attached hydrogen (secondary N) is 3. The maximum absolute atomic E-state index is 12.4. The summed E-state index contributed by atoms with van der Waals surface area (Å²) in [4.78, 5) is 36.8. The summed E-state index contributed by atoms with van der Waals surface area (Å²) in [5.41, 5.74) is 5.81. The van der Waals surface area contributed by atoms with Gasteiger partial charge in [0.25, 0.3) is 0 Å². The molecule has 0 bridgehead atoms. The Morgan fingerprint density at radius 2 is 1.37 bits per heavy atom. The van der Waals surface area contributed by atoms with E-state index in [1.165, 1.54) is 11.1 Å². The van der Waals surface area contributed by atoms with Crippen molar-refractivity contribution in [2.45, 2.75) is 51.1 Å². The first-order chi connectivity index (χ1) is 18.4. The highest BCUT2D eigenvalue weighted by Gasteiger charge is 2.29. The molecule has 2 unspecified atom stereocenters. The number of amides is 3. The molecule has 38 heavy (non-hydrogen) atoms. The predicted octanol–water partition coefficient (Wildman–Crippen LogP) is 4.56. The summed E-state index contributed by atoms with van der Waals surface area (Å²) in [6.07, 6.45) is 0.839. The van der Waals surface area contributed by atoms with Gasteiger partial charge in [-0.15, -0.1) is 0 Å². The Hall–Kier alpha value is -4.13. The number of hydrogen-bond donors (Lipinski definition) is 3. The van der Waals surface area contributed by atoms with Crippen LogP contribution in [-0.4, -0.2) is 43.1 Å². The fourth-order valence-electron chi connectivity index (χ4n) is 4.87. The third-order valence-electron chi connectivity index (χ3n) is 6.75. The van der Waals surface area contributed by atoms with Crippen LogP contribution in [0.1, 0.15) is 49.3 Å². The van der Waals surface area contributed by atoms with Crippen LogP contribution in [0.4, 0.5) is 4.79 Å². The van der Waals surface area contributed by atoms with Gasteiger partial charge >= 0.3 is 6.09 Å². The molecule has 2 atom stereocenters. The molecule has 0 aliphatic heterocycles. The Morgan fingerprint density at radius 1 is 0.763 bits per heavy atom. The van der Waals surface area contributed by atoms with Crippen molar-refractivity contribution >= 4 is 17.9 Å². The number of carbonyl (C=O) groups is 3. The van der Waals surface area contributed by atoms with E-state index >= 15 is 0 Å². The van der Waals surface area contributed by atoms with Gasteiger partial charge < -0.3 is 20.7 Å². The average Bonchev–Trinajstić information content (AvgIpc) is 3.23. The van der Waals surface area contributed by atoms with Crippen molar-refractivity contribution < 1.29 is 19.1 Å². The van der Waals surface area contributed by atoms with Crippen LogP contribution in [-0.2, 0) is 20.7 Å². The van der Waals surface area contributed by atoms with E-state index in [1.807, 2.05) is 68.4 Å². The summed E-state index contributed by atoms with van der Waals surface area (Å²) < 4.78 is 5.57. The van der Waals surface area contributed by atoms with Crippen molar-refractivity contribution in [3.63, 3.8) is 0 Å². The molecule has 0 heterocycles. The highest BCUT2D eigenvalue weighted by molar-refractivity contribution is 5.84. The van der Waals surface area contributed by atoms with Gasteiger partial charge in [-0.2, -0.15) is 0 Å². The molecule has 0 fully saturated rings. The third-order valence-corrected chi connectivity index (χ3v) is 6.75. The Bertz CT molecular complexity index is 1220. The lowest BCUT2D eigenvalue weighted by Crippen LogP contribution is -2.42. The molecule has 1 aliphatic carbocycles. The van der Waals surface area contributed by atoms with Gasteiger partial charge in [0, 0.05) is 24.4 Å². The number of carbonyl (C=O) groups excluding carboxylic acids is 3. The Kier molecular flexibility index (Phi) is 9.14. The van der Waals surface area contributed by atoms with E-state index in [9.17, 15) is 14.4 Å². The van der Waals surface area contributed by atoms with E-state index in [0.717, 1.165) is 23.1 Å². The normalized spacial score (nSPS) is 13.5. The molecule has 3 amide bonds. The van der Waals surface area contributed by atoms with Gasteiger partial charge in [-0.05, 0) is 54.5 Å². The Morgan fingerprint density at radius 3 is 2.03 bits per heavy atom. The average molecular weight is 514 g/mol. The van der Waals surface area contributed by atoms with E-state index < -0.39 is 6.09 Å². The Balaban J connectivity index is 1.14. The standard InChI is InChI=1S/C31H35N3O4/c1-21(16-17-29(35)32-19-30(36)33-22(2)18-23-10-4-3-5-11-23)34-31(37)38-20-28-26-14-8-6-12-24(26)25-13-7-9-15-27(25)28/h3-15,21-22,28H,16-20H2,1-2H3,(H,32,35)(H,33,36)(H,34,37). The number of ether oxygens (including phenoxy) is 1. The SMILES string of the molecule is CC(Cc1ccccc1)NC(=O)CNC(=O)CCC(C)NC(=O)OCC1c2ccccc2-c2ccccc21. The first-order valence-corrected chi connectivity index (χ1v) is 13.1. The van der Waals surface area contributed by atoms with Gasteiger partial charge in [0.1, 0.15) is 6.61 Å². The van der Waals surface area contributed by atoms with Crippen molar-refractivity contribution in [3.8, 4) is 11.1 Å². The predicted molar refractivity (Wildman–Crippen MR) is 148 cm³/mol. The van der Waals surface area contributed by atoms with E-state index in [2.05, 4.69) is 40.2 Å². The highest BCUT2D eigenvalue weighted by atomic mass is 16.5. The molecule has 7 nitrogen and oxygen atoms in total. The first kappa shape index (κ1) is 26.9. The monoisotopic (exact) mass is 513 g/mol. The summed E-state index contributed by atoms with van der Waals surface area (Å²) >= 11 is 0. The molecule has 3 N–H and O–H groups in total. The summed E-state index contributed by atoms with van der Waals surface area (Å²) in [5.74, 6) is -0.473. The summed E-state index contributed by atoms with van der Waals surface area (Å²) in [7, 11) is 0. The van der Waals surface area contributed by atoms with Crippen molar-refractivity contribution in [1.82, 2.24) is 16.0 Å². The minimum absolute atomic E-state index is 0.00390. The molecule has 0 spiro atoms. The molecule has 0 aromatic heterocycles. The molecule has 0 saturated heterocycles. The zero-order valence-electron chi connectivity index (χ0n) is 21.9. The smallest absolute Gasteiger partial charge is 0.407 e. The molecule has 0 saturated carbocycles. The van der Waals surface area contributed by atoms with Gasteiger partial charge in [0.2, 0.25) is 11.8 Å². The lowest BCUT2D eigenvalue weighted by molar-refractivity contribution is -0.126. The summed E-state index contributed by atoms with van der Waals surface area (Å²) in [6, 6.07) is 26.0. The van der Waals surface area contributed by atoms with Gasteiger partial charge in [0.15, 0.2) is 0 Å². The molecule has 198 valence electrons. The van der Waals surface area contributed by atoms with E-state index in [1.54, 1.807) is 0 Å². The summed E-state index contributed by atoms with van der Waals surface area (Å²) in [5, 5.41) is 8.34. The van der Waals surface area contributed by atoms with Gasteiger partial charge in [-0.3, -0.25) is 9.59 Å². The fraction of sp³-hybridized carbons (Fsp3) is 0.323. The molecular formula is C31H35N3O4. The quantitative estimate of drug-likeness (QED) is 0.350. The van der Waals surface area contributed by atoms with Crippen molar-refractivity contribution in [2.24, 2.45) is 0 Å². The van der Waals surface area contributed by atoms with E-state index in [4.69, 9.17) is 4.74 Å². The molecule has 3 aromatic carbocycles. The first-order valence-electron chi connectivity index (χ1n) is 13.1. The van der Waals surface area contributed by atoms with Crippen LogP contribution in [0.3, 0.4) is 0 Å². The molecule has 3 aromatic rings. The highest BCUT2D eigenvalue weighted by Crippen LogP contribution is 2.44. The maximum Gasteiger partial charge on any atom is 0.407 e. The molecule has 4 rings (SSSR count). The van der Waals surface area contributed by atoms with E-state index in [0.29, 0.717) is 6.42 Å². The minimum Gasteiger partial charge on any atom is -0.449 e. The summed E-state index contributed by atoms with van der Waals surface area (Å²) in [6.45, 7) is 3.92. The third kappa shape index (κ3) is 7.22. The lowest BCUT2D eigenvalue weighted by atomic mass is 9.98. The number of alkyl carbamates (subject to hydrolysis) is 1. The van der Waals surface area contributed by atoms with E-state index in [-0.39, 0.29) is 49.4 Å². The van der Waals surface area contributed by atoms with Gasteiger partial charge in [-0.25, -0.2) is 4.79 Å². The van der Waals surface area contributed by atoms with Crippen molar-refractivity contribution in [1.29, 1.82) is 0 Å². The van der Waals surface area contributed by atoms with Crippen molar-refractivity contribution in [3.05, 3.63) is 95.6 Å². The topological polar surface area (TPSA) is 96.5 Å². The largest absolute Gasteiger partial charge is 0.449 e. The lowest BCUT2D eigenvalue weighted by Gasteiger charge is -2.17. The zero-order valence-corrected chi connectivity index (χ0v) is 21.9. The van der Waals surface area contributed by atoms with Crippen LogP contribution in [0.2, 0.25) is 0 Å². The van der Waals surface area contributed by atoms with Crippen LogP contribution in [0, 0.1) is 0 Å². The van der Waals surface area contributed by atoms with Crippen LogP contribution >= 0.6 is 0 Å². The fourth-order valence-corrected chi connectivity index (χ4v) is 4.87. The zero-order chi connectivity index (χ0) is 26.9. The van der Waals surface area contributed by atoms with Crippen LogP contribution in [0.5, 0.6) is 0 Å². The molecule has 1 aliphatic rings. The van der Waals surface area contributed by atoms with Crippen LogP contribution < -0.4 is 16.0 Å². The molecular weight excluding hydrogens is 478 g/mol. The number of rotatable bonds is 11. The second-order valence-corrected chi connectivity index (χ2v) is 9.84. The molecule has 7 heteroatoms. The van der Waals surface area contributed by atoms with Gasteiger partial charge in [0.05, 0.1) is 6.54 Å². The number of hydrogen-bond acceptors (Lipinski definition) is 4. The second-order valence-electron chi connectivity index (χ2n) is 9.84. The second kappa shape index (κ2) is 12.9. The molecule has 0 radical (unpaired) electrons. The van der Waals surface area contributed by atoms with Crippen LogP contribution in [0.25, 0.3) is 11.1 Å².